The summed E-state index contributed by atoms with van der Waals surface area (Å²) in [5, 5.41) is 0. The standard InChI is InChI=1S/C21H26N2O3S/c1-4-21(27-17-8-6-5-7-9-17)19(13-22)23(20(21)24)14-15-10-11-16(25-2)12-18(15)26-3/h5-12,19H,4,13-14,22H2,1-3H3. The summed E-state index contributed by atoms with van der Waals surface area (Å²) in [7, 11) is 3.24. The first kappa shape index (κ1) is 19.6. The molecule has 2 N–H and O–H groups in total. The summed E-state index contributed by atoms with van der Waals surface area (Å²) in [6.45, 7) is 2.96. The van der Waals surface area contributed by atoms with Gasteiger partial charge in [-0.05, 0) is 30.7 Å². The van der Waals surface area contributed by atoms with Crippen LogP contribution in [0, 0.1) is 0 Å². The van der Waals surface area contributed by atoms with E-state index >= 15 is 0 Å². The summed E-state index contributed by atoms with van der Waals surface area (Å²) in [5.74, 6) is 1.57. The molecule has 5 nitrogen and oxygen atoms in total. The summed E-state index contributed by atoms with van der Waals surface area (Å²) in [5.41, 5.74) is 7.05. The number of nitrogens with zero attached hydrogens (tertiary/aromatic N) is 1. The van der Waals surface area contributed by atoms with Crippen LogP contribution in [0.5, 0.6) is 11.5 Å². The van der Waals surface area contributed by atoms with Crippen molar-refractivity contribution in [2.24, 2.45) is 5.73 Å². The Labute approximate surface area is 164 Å². The van der Waals surface area contributed by atoms with Gasteiger partial charge in [0.15, 0.2) is 0 Å². The first-order valence-corrected chi connectivity index (χ1v) is 9.87. The van der Waals surface area contributed by atoms with Gasteiger partial charge in [0, 0.05) is 29.6 Å². The minimum atomic E-state index is -0.504. The Balaban J connectivity index is 1.83. The van der Waals surface area contributed by atoms with E-state index in [1.54, 1.807) is 26.0 Å². The summed E-state index contributed by atoms with van der Waals surface area (Å²) < 4.78 is 10.2. The molecule has 1 fully saturated rings. The van der Waals surface area contributed by atoms with E-state index in [2.05, 4.69) is 6.92 Å². The second-order valence-electron chi connectivity index (χ2n) is 6.52. The van der Waals surface area contributed by atoms with Crippen molar-refractivity contribution < 1.29 is 14.3 Å². The molecule has 3 rings (SSSR count). The number of hydrogen-bond donors (Lipinski definition) is 1. The van der Waals surface area contributed by atoms with Crippen molar-refractivity contribution in [3.8, 4) is 11.5 Å². The fourth-order valence-corrected chi connectivity index (χ4v) is 5.07. The monoisotopic (exact) mass is 386 g/mol. The first-order chi connectivity index (χ1) is 13.1. The highest BCUT2D eigenvalue weighted by molar-refractivity contribution is 8.01. The minimum absolute atomic E-state index is 0.0213. The molecule has 0 spiro atoms. The second-order valence-corrected chi connectivity index (χ2v) is 7.92. The van der Waals surface area contributed by atoms with E-state index in [1.165, 1.54) is 0 Å². The Bertz CT molecular complexity index is 799. The van der Waals surface area contributed by atoms with Crippen LogP contribution in [0.4, 0.5) is 0 Å². The maximum absolute atomic E-state index is 13.2. The lowest BCUT2D eigenvalue weighted by molar-refractivity contribution is -0.152. The number of amides is 1. The lowest BCUT2D eigenvalue weighted by Crippen LogP contribution is -2.73. The molecule has 1 heterocycles. The van der Waals surface area contributed by atoms with Crippen molar-refractivity contribution in [2.75, 3.05) is 20.8 Å². The van der Waals surface area contributed by atoms with Gasteiger partial charge >= 0.3 is 0 Å². The number of carbonyl (C=O) groups excluding carboxylic acids is 1. The average Bonchev–Trinajstić information content (AvgIpc) is 2.72. The Morgan fingerprint density at radius 3 is 2.48 bits per heavy atom. The van der Waals surface area contributed by atoms with Crippen molar-refractivity contribution in [2.45, 2.75) is 35.6 Å². The molecule has 0 radical (unpaired) electrons. The van der Waals surface area contributed by atoms with Crippen LogP contribution in [0.15, 0.2) is 53.4 Å². The van der Waals surface area contributed by atoms with E-state index in [-0.39, 0.29) is 11.9 Å². The van der Waals surface area contributed by atoms with Crippen LogP contribution in [0.1, 0.15) is 18.9 Å². The number of methoxy groups -OCH3 is 2. The van der Waals surface area contributed by atoms with Gasteiger partial charge in [-0.1, -0.05) is 25.1 Å². The van der Waals surface area contributed by atoms with Crippen LogP contribution in [0.25, 0.3) is 0 Å². The molecule has 27 heavy (non-hydrogen) atoms. The van der Waals surface area contributed by atoms with Gasteiger partial charge in [0.2, 0.25) is 5.91 Å². The SMILES string of the molecule is CCC1(Sc2ccccc2)C(=O)N(Cc2ccc(OC)cc2OC)C1CN. The van der Waals surface area contributed by atoms with Gasteiger partial charge in [-0.25, -0.2) is 0 Å². The number of thioether (sulfide) groups is 1. The number of rotatable bonds is 8. The number of carbonyl (C=O) groups is 1. The number of benzene rings is 2. The summed E-state index contributed by atoms with van der Waals surface area (Å²) in [6.07, 6.45) is 0.740. The molecule has 0 aromatic heterocycles. The van der Waals surface area contributed by atoms with Gasteiger partial charge < -0.3 is 20.1 Å². The Morgan fingerprint density at radius 1 is 1.15 bits per heavy atom. The zero-order valence-corrected chi connectivity index (χ0v) is 16.8. The van der Waals surface area contributed by atoms with Crippen LogP contribution < -0.4 is 15.2 Å². The Hall–Kier alpha value is -2.18. The quantitative estimate of drug-likeness (QED) is 0.705. The van der Waals surface area contributed by atoms with Crippen LogP contribution in [0.3, 0.4) is 0 Å². The summed E-state index contributed by atoms with van der Waals surface area (Å²) >= 11 is 1.63. The molecule has 2 aromatic carbocycles. The van der Waals surface area contributed by atoms with E-state index in [1.807, 2.05) is 53.4 Å². The number of hydrogen-bond acceptors (Lipinski definition) is 5. The molecule has 2 atom stereocenters. The van der Waals surface area contributed by atoms with E-state index in [4.69, 9.17) is 15.2 Å². The molecule has 2 unspecified atom stereocenters. The highest BCUT2D eigenvalue weighted by Gasteiger charge is 2.59. The maximum Gasteiger partial charge on any atom is 0.242 e. The molecule has 144 valence electrons. The van der Waals surface area contributed by atoms with Crippen LogP contribution in [-0.4, -0.2) is 42.4 Å². The van der Waals surface area contributed by atoms with Gasteiger partial charge in [-0.2, -0.15) is 0 Å². The van der Waals surface area contributed by atoms with Gasteiger partial charge in [0.1, 0.15) is 16.2 Å². The third-order valence-electron chi connectivity index (χ3n) is 5.16. The van der Waals surface area contributed by atoms with E-state index in [0.717, 1.165) is 22.6 Å². The van der Waals surface area contributed by atoms with Crippen molar-refractivity contribution in [3.63, 3.8) is 0 Å². The average molecular weight is 387 g/mol. The molecule has 1 amide bonds. The van der Waals surface area contributed by atoms with Crippen LogP contribution in [-0.2, 0) is 11.3 Å². The topological polar surface area (TPSA) is 64.8 Å². The molecule has 2 aromatic rings. The number of β-lactam (4-membered cyclic amide) rings is 1. The van der Waals surface area contributed by atoms with Gasteiger partial charge in [-0.15, -0.1) is 11.8 Å². The fourth-order valence-electron chi connectivity index (χ4n) is 3.65. The smallest absolute Gasteiger partial charge is 0.242 e. The summed E-state index contributed by atoms with van der Waals surface area (Å²) in [4.78, 5) is 16.2. The second kappa shape index (κ2) is 8.23. The molecular weight excluding hydrogens is 360 g/mol. The van der Waals surface area contributed by atoms with Crippen molar-refractivity contribution in [1.82, 2.24) is 4.90 Å². The summed E-state index contributed by atoms with van der Waals surface area (Å²) in [6, 6.07) is 15.7. The Morgan fingerprint density at radius 2 is 1.89 bits per heavy atom. The fraction of sp³-hybridized carbons (Fsp3) is 0.381. The van der Waals surface area contributed by atoms with Crippen molar-refractivity contribution in [3.05, 3.63) is 54.1 Å². The van der Waals surface area contributed by atoms with Gasteiger partial charge in [-0.3, -0.25) is 4.79 Å². The van der Waals surface area contributed by atoms with Crippen LogP contribution in [0.2, 0.25) is 0 Å². The highest BCUT2D eigenvalue weighted by atomic mass is 32.2. The third kappa shape index (κ3) is 3.51. The minimum Gasteiger partial charge on any atom is -0.497 e. The lowest BCUT2D eigenvalue weighted by Gasteiger charge is -2.55. The third-order valence-corrected chi connectivity index (χ3v) is 6.77. The molecule has 0 saturated carbocycles. The molecule has 1 aliphatic heterocycles. The van der Waals surface area contributed by atoms with Crippen molar-refractivity contribution in [1.29, 1.82) is 0 Å². The normalized spacial score (nSPS) is 21.7. The van der Waals surface area contributed by atoms with Crippen LogP contribution >= 0.6 is 11.8 Å². The number of nitrogens with two attached hydrogens (primary N) is 1. The van der Waals surface area contributed by atoms with Gasteiger partial charge in [0.05, 0.1) is 20.3 Å². The van der Waals surface area contributed by atoms with E-state index in [0.29, 0.717) is 18.8 Å². The highest BCUT2D eigenvalue weighted by Crippen LogP contribution is 2.49. The van der Waals surface area contributed by atoms with Crippen molar-refractivity contribution >= 4 is 17.7 Å². The van der Waals surface area contributed by atoms with E-state index < -0.39 is 4.75 Å². The number of ether oxygens (including phenoxy) is 2. The predicted octanol–water partition coefficient (Wildman–Crippen LogP) is 3.31. The zero-order valence-electron chi connectivity index (χ0n) is 16.0. The Kier molecular flexibility index (Phi) is 5.97. The number of likely N-dealkylation sites (tertiary alicyclic amines) is 1. The molecule has 0 aliphatic carbocycles. The predicted molar refractivity (Wildman–Crippen MR) is 108 cm³/mol. The molecule has 6 heteroatoms. The molecule has 1 aliphatic rings. The molecule has 1 saturated heterocycles. The van der Waals surface area contributed by atoms with Gasteiger partial charge in [0.25, 0.3) is 0 Å². The largest absolute Gasteiger partial charge is 0.497 e. The molecule has 0 bridgehead atoms. The lowest BCUT2D eigenvalue weighted by atomic mass is 9.83. The first-order valence-electron chi connectivity index (χ1n) is 9.05. The molecular formula is C21H26N2O3S. The van der Waals surface area contributed by atoms with E-state index in [9.17, 15) is 4.79 Å². The zero-order chi connectivity index (χ0) is 19.4. The maximum atomic E-state index is 13.2.